The SMILES string of the molecule is CCc1c(C=C2C=C(/C=C/C=C3\Oc4cc(C)c(C)cc4N3CCOc3cccc4ccccc34)CC(C)(C)C2)sc2cc(C)c(C)cc12.Cc1ccc(S(=O)(=O)O)cc1. The van der Waals surface area contributed by atoms with Gasteiger partial charge in [0.1, 0.15) is 12.4 Å². The summed E-state index contributed by atoms with van der Waals surface area (Å²) in [5, 5.41) is 3.74. The summed E-state index contributed by atoms with van der Waals surface area (Å²) in [5.41, 5.74) is 11.7. The second-order valence-corrected chi connectivity index (χ2v) is 19.3. The molecular weight excluding hydrogens is 783 g/mol. The van der Waals surface area contributed by atoms with Crippen LogP contribution in [0.25, 0.3) is 26.9 Å². The molecule has 2 aliphatic rings. The number of rotatable bonds is 9. The molecule has 8 rings (SSSR count). The standard InChI is InChI=1S/C45H47NO2S.C7H8O3S/c1-8-36-38-21-29(2)32(5)24-42(38)49-43(36)26-34-25-33(27-45(6,7)28-34)13-11-18-44-46(39-22-30(3)31(4)23-41(39)48-44)19-20-47-40-17-12-15-35-14-9-10-16-37(35)40;1-6-2-4-7(5-3-6)11(8,9)10/h9-18,21-26H,8,19-20,27-28H2,1-7H3;2-5H,1H3,(H,8,9,10)/b13-11+,34-26?,44-18-;. The zero-order valence-corrected chi connectivity index (χ0v) is 37.6. The Hall–Kier alpha value is -5.41. The lowest BCUT2D eigenvalue weighted by Crippen LogP contribution is -2.26. The Morgan fingerprint density at radius 1 is 0.850 bits per heavy atom. The highest BCUT2D eigenvalue weighted by atomic mass is 32.2. The maximum absolute atomic E-state index is 10.5. The Labute approximate surface area is 359 Å². The Kier molecular flexibility index (Phi) is 12.6. The molecule has 8 heteroatoms. The van der Waals surface area contributed by atoms with Gasteiger partial charge in [0, 0.05) is 15.0 Å². The van der Waals surface area contributed by atoms with Crippen molar-refractivity contribution in [3.8, 4) is 11.5 Å². The molecule has 0 fully saturated rings. The van der Waals surface area contributed by atoms with Crippen molar-refractivity contribution >= 4 is 54.1 Å². The molecule has 5 aromatic carbocycles. The molecule has 1 aromatic heterocycles. The summed E-state index contributed by atoms with van der Waals surface area (Å²) >= 11 is 1.94. The average molecular weight is 838 g/mol. The molecule has 6 aromatic rings. The van der Waals surface area contributed by atoms with E-state index in [1.165, 1.54) is 71.4 Å². The van der Waals surface area contributed by atoms with Gasteiger partial charge in [-0.05, 0) is 158 Å². The Morgan fingerprint density at radius 3 is 2.30 bits per heavy atom. The second-order valence-electron chi connectivity index (χ2n) is 16.8. The fraction of sp³-hybridized carbons (Fsp3) is 0.269. The van der Waals surface area contributed by atoms with Gasteiger partial charge in [-0.15, -0.1) is 11.3 Å². The van der Waals surface area contributed by atoms with Crippen molar-refractivity contribution in [2.24, 2.45) is 5.41 Å². The van der Waals surface area contributed by atoms with Crippen molar-refractivity contribution in [3.63, 3.8) is 0 Å². The number of benzene rings is 5. The maximum Gasteiger partial charge on any atom is 0.294 e. The first-order valence-corrected chi connectivity index (χ1v) is 22.9. The summed E-state index contributed by atoms with van der Waals surface area (Å²) in [5.74, 6) is 2.64. The molecule has 0 unspecified atom stereocenters. The van der Waals surface area contributed by atoms with Crippen molar-refractivity contribution < 1.29 is 22.4 Å². The molecule has 0 saturated heterocycles. The van der Waals surface area contributed by atoms with Gasteiger partial charge in [0.15, 0.2) is 5.75 Å². The number of hydrogen-bond acceptors (Lipinski definition) is 6. The number of allylic oxidation sites excluding steroid dienone is 6. The van der Waals surface area contributed by atoms with Gasteiger partial charge in [0.05, 0.1) is 17.1 Å². The molecule has 60 heavy (non-hydrogen) atoms. The highest BCUT2D eigenvalue weighted by Gasteiger charge is 2.28. The van der Waals surface area contributed by atoms with Crippen molar-refractivity contribution in [2.45, 2.75) is 79.5 Å². The van der Waals surface area contributed by atoms with Crippen LogP contribution in [0.5, 0.6) is 11.5 Å². The van der Waals surface area contributed by atoms with E-state index in [1.807, 2.05) is 18.3 Å². The summed E-state index contributed by atoms with van der Waals surface area (Å²) in [6, 6.07) is 29.7. The molecule has 0 saturated carbocycles. The lowest BCUT2D eigenvalue weighted by atomic mass is 9.75. The monoisotopic (exact) mass is 837 g/mol. The fourth-order valence-corrected chi connectivity index (χ4v) is 9.85. The minimum Gasteiger partial charge on any atom is -0.491 e. The van der Waals surface area contributed by atoms with Crippen LogP contribution in [0.3, 0.4) is 0 Å². The first-order chi connectivity index (χ1) is 28.6. The van der Waals surface area contributed by atoms with E-state index < -0.39 is 10.1 Å². The normalized spacial score (nSPS) is 16.3. The number of hydrogen-bond donors (Lipinski definition) is 1. The van der Waals surface area contributed by atoms with Crippen LogP contribution in [-0.4, -0.2) is 26.1 Å². The van der Waals surface area contributed by atoms with Crippen LogP contribution in [-0.2, 0) is 16.5 Å². The van der Waals surface area contributed by atoms with Crippen molar-refractivity contribution in [1.29, 1.82) is 0 Å². The minimum atomic E-state index is -4.02. The van der Waals surface area contributed by atoms with Crippen molar-refractivity contribution in [1.82, 2.24) is 0 Å². The molecule has 310 valence electrons. The zero-order valence-electron chi connectivity index (χ0n) is 35.9. The van der Waals surface area contributed by atoms with Gasteiger partial charge in [0.25, 0.3) is 10.1 Å². The van der Waals surface area contributed by atoms with Gasteiger partial charge in [-0.2, -0.15) is 8.42 Å². The quantitative estimate of drug-likeness (QED) is 0.146. The minimum absolute atomic E-state index is 0.0666. The number of thiophene rings is 1. The van der Waals surface area contributed by atoms with Gasteiger partial charge in [-0.3, -0.25) is 4.55 Å². The molecule has 1 aliphatic carbocycles. The third-order valence-electron chi connectivity index (χ3n) is 11.4. The zero-order chi connectivity index (χ0) is 42.8. The van der Waals surface area contributed by atoms with E-state index in [9.17, 15) is 8.42 Å². The molecule has 6 nitrogen and oxygen atoms in total. The molecule has 2 heterocycles. The Morgan fingerprint density at radius 2 is 1.55 bits per heavy atom. The average Bonchev–Trinajstić information content (AvgIpc) is 3.69. The van der Waals surface area contributed by atoms with E-state index in [2.05, 4.69) is 150 Å². The Balaban J connectivity index is 0.000000431. The van der Waals surface area contributed by atoms with E-state index in [-0.39, 0.29) is 10.3 Å². The van der Waals surface area contributed by atoms with E-state index in [0.29, 0.717) is 13.2 Å². The lowest BCUT2D eigenvalue weighted by molar-refractivity contribution is 0.325. The molecular formula is C52H55NO5S2. The number of ether oxygens (including phenoxy) is 2. The van der Waals surface area contributed by atoms with E-state index in [1.54, 1.807) is 12.1 Å². The van der Waals surface area contributed by atoms with E-state index in [0.717, 1.165) is 53.3 Å². The summed E-state index contributed by atoms with van der Waals surface area (Å²) in [6.45, 7) is 18.9. The molecule has 0 amide bonds. The van der Waals surface area contributed by atoms with Crippen molar-refractivity contribution in [2.75, 3.05) is 18.1 Å². The topological polar surface area (TPSA) is 76.1 Å². The number of anilines is 1. The third kappa shape index (κ3) is 9.79. The molecule has 1 N–H and O–H groups in total. The molecule has 0 bridgehead atoms. The van der Waals surface area contributed by atoms with E-state index in [4.69, 9.17) is 14.0 Å². The van der Waals surface area contributed by atoms with Gasteiger partial charge < -0.3 is 14.4 Å². The highest BCUT2D eigenvalue weighted by Crippen LogP contribution is 2.43. The summed E-state index contributed by atoms with van der Waals surface area (Å²) < 4.78 is 43.8. The number of fused-ring (bicyclic) bond motifs is 3. The van der Waals surface area contributed by atoms with Crippen LogP contribution >= 0.6 is 11.3 Å². The smallest absolute Gasteiger partial charge is 0.294 e. The third-order valence-corrected chi connectivity index (χ3v) is 13.4. The predicted molar refractivity (Wildman–Crippen MR) is 251 cm³/mol. The Bertz CT molecular complexity index is 2800. The summed E-state index contributed by atoms with van der Waals surface area (Å²) in [4.78, 5) is 3.59. The fourth-order valence-electron chi connectivity index (χ4n) is 8.02. The van der Waals surface area contributed by atoms with Crippen LogP contribution in [0.4, 0.5) is 5.69 Å². The van der Waals surface area contributed by atoms with Gasteiger partial charge >= 0.3 is 0 Å². The van der Waals surface area contributed by atoms with Crippen molar-refractivity contribution in [3.05, 3.63) is 171 Å². The molecule has 1 aliphatic heterocycles. The van der Waals surface area contributed by atoms with Crippen LogP contribution in [0.15, 0.2) is 137 Å². The van der Waals surface area contributed by atoms with Crippen LogP contribution in [0, 0.1) is 40.0 Å². The van der Waals surface area contributed by atoms with Crippen LogP contribution < -0.4 is 14.4 Å². The van der Waals surface area contributed by atoms with Gasteiger partial charge in [-0.25, -0.2) is 0 Å². The summed E-state index contributed by atoms with van der Waals surface area (Å²) in [6.07, 6.45) is 14.6. The molecule has 0 spiro atoms. The number of aryl methyl sites for hydroxylation is 6. The maximum atomic E-state index is 10.5. The summed E-state index contributed by atoms with van der Waals surface area (Å²) in [7, 11) is -4.02. The highest BCUT2D eigenvalue weighted by molar-refractivity contribution is 7.85. The molecule has 0 atom stereocenters. The number of nitrogens with zero attached hydrogens (tertiary/aromatic N) is 1. The van der Waals surface area contributed by atoms with E-state index >= 15 is 0 Å². The largest absolute Gasteiger partial charge is 0.491 e. The van der Waals surface area contributed by atoms with Gasteiger partial charge in [-0.1, -0.05) is 99.2 Å². The first-order valence-electron chi connectivity index (χ1n) is 20.6. The molecule has 0 radical (unpaired) electrons. The van der Waals surface area contributed by atoms with Crippen LogP contribution in [0.1, 0.15) is 71.9 Å². The predicted octanol–water partition coefficient (Wildman–Crippen LogP) is 13.6. The second kappa shape index (κ2) is 17.7. The lowest BCUT2D eigenvalue weighted by Gasteiger charge is -2.30. The van der Waals surface area contributed by atoms with Crippen LogP contribution in [0.2, 0.25) is 0 Å². The first kappa shape index (κ1) is 42.7. The van der Waals surface area contributed by atoms with Gasteiger partial charge in [0.2, 0.25) is 5.88 Å².